The van der Waals surface area contributed by atoms with E-state index in [1.54, 1.807) is 24.3 Å². The molecule has 0 radical (unpaired) electrons. The molecule has 114 valence electrons. The lowest BCUT2D eigenvalue weighted by Crippen LogP contribution is -2.28. The van der Waals surface area contributed by atoms with E-state index in [0.717, 1.165) is 6.20 Å². The molecule has 8 heteroatoms. The van der Waals surface area contributed by atoms with Gasteiger partial charge in [-0.3, -0.25) is 4.79 Å². The van der Waals surface area contributed by atoms with Crippen LogP contribution in [0.1, 0.15) is 17.3 Å². The van der Waals surface area contributed by atoms with Crippen molar-refractivity contribution in [3.8, 4) is 11.4 Å². The molecule has 1 aromatic carbocycles. The lowest BCUT2D eigenvalue weighted by Gasteiger charge is -2.07. The van der Waals surface area contributed by atoms with Crippen molar-refractivity contribution in [3.63, 3.8) is 0 Å². The molecule has 1 aromatic heterocycles. The summed E-state index contributed by atoms with van der Waals surface area (Å²) in [7, 11) is 0. The molecular formula is C14H14N4O4. The summed E-state index contributed by atoms with van der Waals surface area (Å²) in [6, 6.07) is 6.29. The van der Waals surface area contributed by atoms with Gasteiger partial charge in [0.05, 0.1) is 0 Å². The second-order valence-corrected chi connectivity index (χ2v) is 4.34. The van der Waals surface area contributed by atoms with Gasteiger partial charge in [-0.25, -0.2) is 14.6 Å². The van der Waals surface area contributed by atoms with Gasteiger partial charge in [-0.05, 0) is 31.2 Å². The van der Waals surface area contributed by atoms with Crippen LogP contribution in [-0.2, 0) is 0 Å². The highest BCUT2D eigenvalue weighted by Crippen LogP contribution is 2.16. The zero-order valence-electron chi connectivity index (χ0n) is 11.7. The molecule has 0 saturated heterocycles. The number of nitrogens with zero attached hydrogens (tertiary/aromatic N) is 1. The van der Waals surface area contributed by atoms with E-state index >= 15 is 0 Å². The van der Waals surface area contributed by atoms with E-state index in [9.17, 15) is 14.4 Å². The van der Waals surface area contributed by atoms with Crippen molar-refractivity contribution in [2.45, 2.75) is 6.92 Å². The molecule has 2 rings (SSSR count). The minimum Gasteiger partial charge on any atom is -0.477 e. The minimum atomic E-state index is -1.33. The molecular weight excluding hydrogens is 288 g/mol. The van der Waals surface area contributed by atoms with Gasteiger partial charge in [0.15, 0.2) is 0 Å². The molecule has 0 atom stereocenters. The van der Waals surface area contributed by atoms with Crippen LogP contribution in [-0.4, -0.2) is 33.6 Å². The van der Waals surface area contributed by atoms with Crippen LogP contribution < -0.4 is 16.2 Å². The number of aromatic carboxylic acids is 1. The number of rotatable bonds is 4. The van der Waals surface area contributed by atoms with Crippen LogP contribution in [0.5, 0.6) is 0 Å². The second-order valence-electron chi connectivity index (χ2n) is 4.34. The summed E-state index contributed by atoms with van der Waals surface area (Å²) in [5.41, 5.74) is 0.0370. The normalized spacial score (nSPS) is 10.0. The Balaban J connectivity index is 2.20. The van der Waals surface area contributed by atoms with Crippen LogP contribution in [0.2, 0.25) is 0 Å². The van der Waals surface area contributed by atoms with Crippen LogP contribution in [0.3, 0.4) is 0 Å². The molecule has 22 heavy (non-hydrogen) atoms. The number of carboxylic acids is 1. The quantitative estimate of drug-likeness (QED) is 0.677. The standard InChI is InChI=1S/C14H14N4O4/c1-2-15-14(22)17-9-5-3-8(4-6-9)11-16-7-10(13(20)21)12(19)18-11/h3-7H,2H2,1H3,(H,20,21)(H2,15,17,22)(H,16,18,19). The topological polar surface area (TPSA) is 124 Å². The Labute approximate surface area is 125 Å². The van der Waals surface area contributed by atoms with Gasteiger partial charge in [0.1, 0.15) is 11.4 Å². The van der Waals surface area contributed by atoms with E-state index in [1.807, 2.05) is 6.92 Å². The number of anilines is 1. The third-order valence-corrected chi connectivity index (χ3v) is 2.78. The summed E-state index contributed by atoms with van der Waals surface area (Å²) in [5.74, 6) is -1.08. The predicted octanol–water partition coefficient (Wildman–Crippen LogP) is 1.28. The number of benzene rings is 1. The van der Waals surface area contributed by atoms with Gasteiger partial charge in [-0.15, -0.1) is 0 Å². The van der Waals surface area contributed by atoms with Gasteiger partial charge in [-0.1, -0.05) is 0 Å². The van der Waals surface area contributed by atoms with E-state index in [-0.39, 0.29) is 11.9 Å². The van der Waals surface area contributed by atoms with Crippen LogP contribution in [0.15, 0.2) is 35.3 Å². The number of H-pyrrole nitrogens is 1. The van der Waals surface area contributed by atoms with Crippen molar-refractivity contribution >= 4 is 17.7 Å². The van der Waals surface area contributed by atoms with Crippen molar-refractivity contribution in [1.82, 2.24) is 15.3 Å². The Morgan fingerprint density at radius 3 is 2.50 bits per heavy atom. The molecule has 0 spiro atoms. The third kappa shape index (κ3) is 3.48. The second kappa shape index (κ2) is 6.53. The number of aromatic nitrogens is 2. The van der Waals surface area contributed by atoms with Crippen LogP contribution in [0.25, 0.3) is 11.4 Å². The maximum absolute atomic E-state index is 11.6. The van der Waals surface area contributed by atoms with Crippen molar-refractivity contribution < 1.29 is 14.7 Å². The first kappa shape index (κ1) is 15.2. The predicted molar refractivity (Wildman–Crippen MR) is 79.9 cm³/mol. The summed E-state index contributed by atoms with van der Waals surface area (Å²) in [6.45, 7) is 2.33. The van der Waals surface area contributed by atoms with Crippen LogP contribution in [0, 0.1) is 0 Å². The highest BCUT2D eigenvalue weighted by molar-refractivity contribution is 5.89. The smallest absolute Gasteiger partial charge is 0.342 e. The SMILES string of the molecule is CCNC(=O)Nc1ccc(-c2ncc(C(=O)O)c(=O)[nH]2)cc1. The monoisotopic (exact) mass is 302 g/mol. The average molecular weight is 302 g/mol. The number of hydrogen-bond acceptors (Lipinski definition) is 4. The first-order valence-corrected chi connectivity index (χ1v) is 6.49. The van der Waals surface area contributed by atoms with Gasteiger partial charge in [0.25, 0.3) is 5.56 Å². The minimum absolute atomic E-state index is 0.250. The van der Waals surface area contributed by atoms with E-state index in [0.29, 0.717) is 17.8 Å². The maximum Gasteiger partial charge on any atom is 0.342 e. The molecule has 0 fully saturated rings. The van der Waals surface area contributed by atoms with Gasteiger partial charge in [0, 0.05) is 24.0 Å². The van der Waals surface area contributed by atoms with E-state index in [1.165, 1.54) is 0 Å². The Kier molecular flexibility index (Phi) is 4.52. The highest BCUT2D eigenvalue weighted by atomic mass is 16.4. The number of amides is 2. The summed E-state index contributed by atoms with van der Waals surface area (Å²) >= 11 is 0. The Bertz CT molecular complexity index is 752. The molecule has 0 aliphatic rings. The first-order valence-electron chi connectivity index (χ1n) is 6.49. The number of urea groups is 1. The van der Waals surface area contributed by atoms with Gasteiger partial charge < -0.3 is 20.7 Å². The fourth-order valence-electron chi connectivity index (χ4n) is 1.74. The summed E-state index contributed by atoms with van der Waals surface area (Å²) in [5, 5.41) is 14.0. The molecule has 4 N–H and O–H groups in total. The maximum atomic E-state index is 11.6. The Morgan fingerprint density at radius 1 is 1.27 bits per heavy atom. The van der Waals surface area contributed by atoms with Crippen LogP contribution in [0.4, 0.5) is 10.5 Å². The zero-order valence-corrected chi connectivity index (χ0v) is 11.7. The van der Waals surface area contributed by atoms with Gasteiger partial charge in [-0.2, -0.15) is 0 Å². The fraction of sp³-hybridized carbons (Fsp3) is 0.143. The third-order valence-electron chi connectivity index (χ3n) is 2.78. The Morgan fingerprint density at radius 2 is 1.95 bits per heavy atom. The lowest BCUT2D eigenvalue weighted by molar-refractivity contribution is 0.0694. The largest absolute Gasteiger partial charge is 0.477 e. The molecule has 0 saturated carbocycles. The van der Waals surface area contributed by atoms with E-state index < -0.39 is 17.1 Å². The first-order chi connectivity index (χ1) is 10.5. The molecule has 2 amide bonds. The molecule has 2 aromatic rings. The molecule has 8 nitrogen and oxygen atoms in total. The number of carbonyl (C=O) groups is 2. The van der Waals surface area contributed by atoms with Gasteiger partial charge >= 0.3 is 12.0 Å². The molecule has 0 aliphatic heterocycles. The van der Waals surface area contributed by atoms with Crippen molar-refractivity contribution in [1.29, 1.82) is 0 Å². The zero-order chi connectivity index (χ0) is 16.1. The summed E-state index contributed by atoms with van der Waals surface area (Å²) in [4.78, 5) is 40.1. The van der Waals surface area contributed by atoms with Crippen LogP contribution >= 0.6 is 0 Å². The van der Waals surface area contributed by atoms with E-state index in [2.05, 4.69) is 20.6 Å². The number of carboxylic acid groups (broad SMARTS) is 1. The van der Waals surface area contributed by atoms with Gasteiger partial charge in [0.2, 0.25) is 0 Å². The Hall–Kier alpha value is -3.16. The highest BCUT2D eigenvalue weighted by Gasteiger charge is 2.10. The van der Waals surface area contributed by atoms with Crippen molar-refractivity contribution in [3.05, 3.63) is 46.4 Å². The molecule has 0 unspecified atom stereocenters. The van der Waals surface area contributed by atoms with E-state index in [4.69, 9.17) is 5.11 Å². The molecule has 0 aliphatic carbocycles. The summed E-state index contributed by atoms with van der Waals surface area (Å²) in [6.07, 6.45) is 1.01. The molecule has 0 bridgehead atoms. The number of hydrogen-bond donors (Lipinski definition) is 4. The molecule has 1 heterocycles. The summed E-state index contributed by atoms with van der Waals surface area (Å²) < 4.78 is 0. The average Bonchev–Trinajstić information content (AvgIpc) is 2.47. The van der Waals surface area contributed by atoms with Crippen molar-refractivity contribution in [2.24, 2.45) is 0 Å². The fourth-order valence-corrected chi connectivity index (χ4v) is 1.74. The number of aromatic amines is 1. The van der Waals surface area contributed by atoms with Crippen molar-refractivity contribution in [2.75, 3.05) is 11.9 Å². The number of carbonyl (C=O) groups excluding carboxylic acids is 1. The number of nitrogens with one attached hydrogen (secondary N) is 3. The lowest BCUT2D eigenvalue weighted by atomic mass is 10.2.